The Morgan fingerprint density at radius 2 is 0.514 bits per heavy atom. The molecular formula is C81H72O26. The largest absolute Gasteiger partial charge is 0.459 e. The van der Waals surface area contributed by atoms with Crippen molar-refractivity contribution < 1.29 is 124 Å². The summed E-state index contributed by atoms with van der Waals surface area (Å²) in [4.78, 5) is 143. The van der Waals surface area contributed by atoms with Crippen molar-refractivity contribution in [1.82, 2.24) is 0 Å². The van der Waals surface area contributed by atoms with Crippen LogP contribution in [0.5, 0.6) is 0 Å². The molecule has 0 saturated carbocycles. The van der Waals surface area contributed by atoms with Gasteiger partial charge in [0.25, 0.3) is 0 Å². The number of rotatable bonds is 28. The topological polar surface area (TPSA) is 318 Å². The van der Waals surface area contributed by atoms with E-state index in [1.807, 2.05) is 0 Å². The Morgan fingerprint density at radius 3 is 0.813 bits per heavy atom. The summed E-state index contributed by atoms with van der Waals surface area (Å²) in [5.74, 6) is -10.1. The molecule has 3 aliphatic heterocycles. The van der Waals surface area contributed by atoms with Crippen molar-refractivity contribution in [2.24, 2.45) is 0 Å². The van der Waals surface area contributed by atoms with E-state index in [1.54, 1.807) is 121 Å². The molecular weight excluding hydrogens is 1390 g/mol. The molecule has 0 unspecified atom stereocenters. The third-order valence-corrected chi connectivity index (χ3v) is 16.8. The van der Waals surface area contributed by atoms with Gasteiger partial charge in [0, 0.05) is 13.8 Å². The third kappa shape index (κ3) is 20.1. The summed E-state index contributed by atoms with van der Waals surface area (Å²) in [6, 6.07) is 61.0. The van der Waals surface area contributed by atoms with E-state index in [0.29, 0.717) is 0 Å². The van der Waals surface area contributed by atoms with Gasteiger partial charge in [0.05, 0.1) is 57.7 Å². The number of carbonyl (C=O) groups is 10. The van der Waals surface area contributed by atoms with Crippen LogP contribution in [0.15, 0.2) is 255 Å². The zero-order chi connectivity index (χ0) is 75.2. The van der Waals surface area contributed by atoms with Crippen LogP contribution in [-0.2, 0) is 85.4 Å². The highest BCUT2D eigenvalue weighted by molar-refractivity contribution is 5.93. The van der Waals surface area contributed by atoms with Crippen molar-refractivity contribution in [1.29, 1.82) is 0 Å². The van der Waals surface area contributed by atoms with Crippen molar-refractivity contribution in [2.45, 2.75) is 106 Å². The highest BCUT2D eigenvalue weighted by Crippen LogP contribution is 2.39. The second-order valence-electron chi connectivity index (χ2n) is 24.2. The van der Waals surface area contributed by atoms with E-state index < -0.39 is 172 Å². The third-order valence-electron chi connectivity index (χ3n) is 16.8. The monoisotopic (exact) mass is 1460 g/mol. The molecule has 3 saturated heterocycles. The molecule has 8 aromatic carbocycles. The van der Waals surface area contributed by atoms with E-state index >= 15 is 4.79 Å². The van der Waals surface area contributed by atoms with Crippen LogP contribution in [-0.4, -0.2) is 178 Å². The highest BCUT2D eigenvalue weighted by Gasteiger charge is 2.60. The van der Waals surface area contributed by atoms with Gasteiger partial charge in [-0.15, -0.1) is 6.58 Å². The fourth-order valence-electron chi connectivity index (χ4n) is 11.8. The summed E-state index contributed by atoms with van der Waals surface area (Å²) in [6.07, 6.45) is -27.7. The first-order valence-corrected chi connectivity index (χ1v) is 33.8. The molecule has 0 aliphatic carbocycles. The molecule has 8 aromatic rings. The number of hydrogen-bond acceptors (Lipinski definition) is 26. The minimum Gasteiger partial charge on any atom is -0.459 e. The first-order valence-electron chi connectivity index (χ1n) is 33.8. The lowest BCUT2D eigenvalue weighted by Crippen LogP contribution is -2.68. The summed E-state index contributed by atoms with van der Waals surface area (Å²) in [6.45, 7) is 2.94. The molecule has 0 spiro atoms. The molecule has 26 heteroatoms. The van der Waals surface area contributed by atoms with Gasteiger partial charge in [-0.3, -0.25) is 9.59 Å². The van der Waals surface area contributed by atoms with E-state index in [4.69, 9.17) is 75.8 Å². The molecule has 0 radical (unpaired) electrons. The predicted molar refractivity (Wildman–Crippen MR) is 371 cm³/mol. The standard InChI is InChI=1S/C81H72O26/c1-4-45-92-79-69(106-78(91)58-43-27-12-28-44-58)67(107-81-70(97-50(3)83)66(105-77(90)57-41-25-11-26-42-57)63(102-74(87)54-35-19-8-20-36-54)60(100-81)47-94-72(85)52-31-15-6-16-32-52)64(103-75(88)55-37-21-9-22-38-55)61(98-79)48-95-80-68(96-49(2)82)65(104-76(89)56-39-23-10-24-40-56)62(101-73(86)53-33-17-7-18-34-53)59(99-80)46-93-71(84)51-29-13-5-14-30-51/h4-44,59-70,79-81H,1,45-48H2,2-3H3/t59-,60-,61-,62-,63-,64-,65+,66+,67+,68+,69+,70+,79+,80+,81-/m1/s1. The molecule has 3 fully saturated rings. The number of carbonyl (C=O) groups excluding carboxylic acids is 10. The smallest absolute Gasteiger partial charge is 0.338 e. The molecule has 15 atom stereocenters. The van der Waals surface area contributed by atoms with Gasteiger partial charge in [-0.05, 0) is 97.1 Å². The van der Waals surface area contributed by atoms with Crippen LogP contribution in [0.1, 0.15) is 96.7 Å². The van der Waals surface area contributed by atoms with Crippen LogP contribution in [0.3, 0.4) is 0 Å². The first-order chi connectivity index (χ1) is 52.0. The quantitative estimate of drug-likeness (QED) is 0.0250. The molecule has 0 bridgehead atoms. The SMILES string of the molecule is C=CCO[C@H]1O[C@H](CO[C@H]2O[C@H](COC(=O)c3ccccc3)[C@@H](OC(=O)c3ccccc3)[C@H](OC(=O)c3ccccc3)[C@@H]2OC(C)=O)[C@@H](OC(=O)c2ccccc2)[C@H](O[C@H]2O[C@H](COC(=O)c3ccccc3)[C@@H](OC(=O)c3ccccc3)[C@H](OC(=O)c3ccccc3)[C@@H]2OC(C)=O)[C@@H]1OC(=O)c1ccccc1. The normalized spacial score (nSPS) is 23.7. The lowest BCUT2D eigenvalue weighted by Gasteiger charge is -2.49. The molecule has 0 amide bonds. The molecule has 3 aliphatic rings. The molecule has 552 valence electrons. The zero-order valence-corrected chi connectivity index (χ0v) is 57.5. The molecule has 0 N–H and O–H groups in total. The number of hydrogen-bond donors (Lipinski definition) is 0. The minimum atomic E-state index is -2.19. The Labute approximate surface area is 613 Å². The van der Waals surface area contributed by atoms with Crippen molar-refractivity contribution in [3.8, 4) is 0 Å². The van der Waals surface area contributed by atoms with Crippen molar-refractivity contribution in [3.63, 3.8) is 0 Å². The molecule has 0 aromatic heterocycles. The Kier molecular flexibility index (Phi) is 26.4. The van der Waals surface area contributed by atoms with E-state index in [0.717, 1.165) is 13.8 Å². The molecule has 11 rings (SSSR count). The van der Waals surface area contributed by atoms with Crippen molar-refractivity contribution in [2.75, 3.05) is 26.4 Å². The van der Waals surface area contributed by atoms with Gasteiger partial charge >= 0.3 is 59.7 Å². The Balaban J connectivity index is 1.05. The van der Waals surface area contributed by atoms with Crippen molar-refractivity contribution in [3.05, 3.63) is 300 Å². The second kappa shape index (κ2) is 37.1. The van der Waals surface area contributed by atoms with E-state index in [9.17, 15) is 43.2 Å². The van der Waals surface area contributed by atoms with Crippen molar-refractivity contribution >= 4 is 59.7 Å². The second-order valence-corrected chi connectivity index (χ2v) is 24.2. The number of ether oxygens (including phenoxy) is 16. The highest BCUT2D eigenvalue weighted by atomic mass is 16.8. The summed E-state index contributed by atoms with van der Waals surface area (Å²) in [7, 11) is 0. The predicted octanol–water partition coefficient (Wildman–Crippen LogP) is 9.70. The van der Waals surface area contributed by atoms with E-state index in [2.05, 4.69) is 6.58 Å². The minimum absolute atomic E-state index is 0.00916. The number of benzene rings is 8. The van der Waals surface area contributed by atoms with Gasteiger partial charge in [-0.2, -0.15) is 0 Å². The Bertz CT molecular complexity index is 4330. The van der Waals surface area contributed by atoms with Gasteiger partial charge in [0.2, 0.25) is 0 Å². The lowest BCUT2D eigenvalue weighted by atomic mass is 9.95. The summed E-state index contributed by atoms with van der Waals surface area (Å²) < 4.78 is 102. The van der Waals surface area contributed by atoms with E-state index in [1.165, 1.54) is 127 Å². The van der Waals surface area contributed by atoms with Gasteiger partial charge in [-0.1, -0.05) is 152 Å². The Morgan fingerprint density at radius 1 is 0.280 bits per heavy atom. The van der Waals surface area contributed by atoms with Crippen LogP contribution in [0.25, 0.3) is 0 Å². The number of esters is 10. The van der Waals surface area contributed by atoms with Gasteiger partial charge < -0.3 is 75.8 Å². The van der Waals surface area contributed by atoms with Gasteiger partial charge in [0.1, 0.15) is 37.6 Å². The van der Waals surface area contributed by atoms with Crippen LogP contribution < -0.4 is 0 Å². The Hall–Kier alpha value is -12.0. The van der Waals surface area contributed by atoms with Crippen LogP contribution in [0.4, 0.5) is 0 Å². The maximum Gasteiger partial charge on any atom is 0.338 e. The van der Waals surface area contributed by atoms with Gasteiger partial charge in [-0.25, -0.2) is 38.4 Å². The molecule has 3 heterocycles. The maximum atomic E-state index is 15.0. The lowest BCUT2D eigenvalue weighted by molar-refractivity contribution is -0.363. The molecule has 107 heavy (non-hydrogen) atoms. The van der Waals surface area contributed by atoms with E-state index in [-0.39, 0.29) is 51.1 Å². The van der Waals surface area contributed by atoms with Crippen LogP contribution in [0.2, 0.25) is 0 Å². The average Bonchev–Trinajstić information content (AvgIpc) is 0.763. The first kappa shape index (κ1) is 76.1. The molecule has 26 nitrogen and oxygen atoms in total. The summed E-state index contributed by atoms with van der Waals surface area (Å²) in [5.41, 5.74) is -0.00303. The summed E-state index contributed by atoms with van der Waals surface area (Å²) >= 11 is 0. The maximum absolute atomic E-state index is 15.0. The fraction of sp³-hybridized carbons (Fsp3) is 0.259. The average molecular weight is 1460 g/mol. The summed E-state index contributed by atoms with van der Waals surface area (Å²) in [5, 5.41) is 0. The van der Waals surface area contributed by atoms with Crippen LogP contribution in [0, 0.1) is 0 Å². The van der Waals surface area contributed by atoms with Crippen LogP contribution >= 0.6 is 0 Å². The zero-order valence-electron chi connectivity index (χ0n) is 57.5. The van der Waals surface area contributed by atoms with Gasteiger partial charge in [0.15, 0.2) is 67.7 Å². The fourth-order valence-corrected chi connectivity index (χ4v) is 11.8.